The lowest BCUT2D eigenvalue weighted by atomic mass is 10.0. The third-order valence-electron chi connectivity index (χ3n) is 3.52. The smallest absolute Gasteiger partial charge is 0.269 e. The van der Waals surface area contributed by atoms with Crippen LogP contribution in [0.15, 0.2) is 24.3 Å². The van der Waals surface area contributed by atoms with Crippen LogP contribution in [0.2, 0.25) is 0 Å². The van der Waals surface area contributed by atoms with Gasteiger partial charge in [0.05, 0.1) is 4.92 Å². The van der Waals surface area contributed by atoms with Crippen LogP contribution in [0.3, 0.4) is 0 Å². The lowest BCUT2D eigenvalue weighted by Gasteiger charge is -2.17. The fourth-order valence-electron chi connectivity index (χ4n) is 2.25. The standard InChI is InChI=1S/C15H20N6O2/c1-3-12(19-15-18-10(2)17-14(16)20-15)7-4-11-5-8-13(9-6-11)21(22)23/h5-6,8-9,12H,3-4,7H2,1-2H3,(H3,16,17,18,19,20). The van der Waals surface area contributed by atoms with Gasteiger partial charge in [0.2, 0.25) is 11.9 Å². The number of nitro benzene ring substituents is 1. The van der Waals surface area contributed by atoms with Crippen LogP contribution in [0, 0.1) is 17.0 Å². The Morgan fingerprint density at radius 1 is 1.26 bits per heavy atom. The Labute approximate surface area is 134 Å². The Morgan fingerprint density at radius 3 is 2.52 bits per heavy atom. The molecule has 1 atom stereocenters. The van der Waals surface area contributed by atoms with Gasteiger partial charge in [-0.1, -0.05) is 19.1 Å². The summed E-state index contributed by atoms with van der Waals surface area (Å²) in [4.78, 5) is 22.5. The average Bonchev–Trinajstić information content (AvgIpc) is 2.50. The van der Waals surface area contributed by atoms with Crippen molar-refractivity contribution in [3.05, 3.63) is 45.8 Å². The molecule has 2 aromatic rings. The third-order valence-corrected chi connectivity index (χ3v) is 3.52. The monoisotopic (exact) mass is 316 g/mol. The minimum Gasteiger partial charge on any atom is -0.368 e. The van der Waals surface area contributed by atoms with Gasteiger partial charge in [-0.3, -0.25) is 10.1 Å². The molecular weight excluding hydrogens is 296 g/mol. The van der Waals surface area contributed by atoms with Crippen molar-refractivity contribution in [3.63, 3.8) is 0 Å². The van der Waals surface area contributed by atoms with Gasteiger partial charge in [-0.05, 0) is 31.7 Å². The van der Waals surface area contributed by atoms with E-state index < -0.39 is 4.92 Å². The van der Waals surface area contributed by atoms with Crippen molar-refractivity contribution < 1.29 is 4.92 Å². The van der Waals surface area contributed by atoms with Crippen molar-refractivity contribution in [2.24, 2.45) is 0 Å². The molecule has 3 N–H and O–H groups in total. The van der Waals surface area contributed by atoms with Crippen LogP contribution in [0.1, 0.15) is 31.2 Å². The maximum absolute atomic E-state index is 10.6. The Kier molecular flexibility index (Phi) is 5.40. The number of nitrogens with two attached hydrogens (primary N) is 1. The predicted molar refractivity (Wildman–Crippen MR) is 88.1 cm³/mol. The second-order valence-corrected chi connectivity index (χ2v) is 5.28. The number of rotatable bonds is 7. The third kappa shape index (κ3) is 4.87. The minimum absolute atomic E-state index is 0.107. The highest BCUT2D eigenvalue weighted by Gasteiger charge is 2.10. The van der Waals surface area contributed by atoms with E-state index in [1.54, 1.807) is 19.1 Å². The van der Waals surface area contributed by atoms with Crippen LogP contribution < -0.4 is 11.1 Å². The number of hydrogen-bond acceptors (Lipinski definition) is 7. The molecular formula is C15H20N6O2. The molecule has 0 amide bonds. The molecule has 0 aliphatic heterocycles. The molecule has 0 saturated heterocycles. The van der Waals surface area contributed by atoms with E-state index in [-0.39, 0.29) is 17.7 Å². The van der Waals surface area contributed by atoms with Gasteiger partial charge >= 0.3 is 0 Å². The second-order valence-electron chi connectivity index (χ2n) is 5.28. The van der Waals surface area contributed by atoms with E-state index in [0.717, 1.165) is 24.8 Å². The first-order valence-corrected chi connectivity index (χ1v) is 7.46. The van der Waals surface area contributed by atoms with Crippen LogP contribution in [-0.2, 0) is 6.42 Å². The molecule has 2 rings (SSSR count). The van der Waals surface area contributed by atoms with Crippen molar-refractivity contribution in [1.29, 1.82) is 0 Å². The van der Waals surface area contributed by atoms with Gasteiger partial charge in [0.25, 0.3) is 5.69 Å². The largest absolute Gasteiger partial charge is 0.368 e. The van der Waals surface area contributed by atoms with Crippen LogP contribution in [0.5, 0.6) is 0 Å². The molecule has 23 heavy (non-hydrogen) atoms. The number of anilines is 2. The summed E-state index contributed by atoms with van der Waals surface area (Å²) < 4.78 is 0. The number of aromatic nitrogens is 3. The number of nitro groups is 1. The number of aryl methyl sites for hydroxylation is 2. The van der Waals surface area contributed by atoms with Crippen LogP contribution >= 0.6 is 0 Å². The lowest BCUT2D eigenvalue weighted by molar-refractivity contribution is -0.384. The summed E-state index contributed by atoms with van der Waals surface area (Å²) in [5.41, 5.74) is 6.79. The molecule has 0 spiro atoms. The van der Waals surface area contributed by atoms with Gasteiger partial charge in [0, 0.05) is 18.2 Å². The Bertz CT molecular complexity index is 654. The second kappa shape index (κ2) is 7.48. The maximum atomic E-state index is 10.6. The minimum atomic E-state index is -0.395. The summed E-state index contributed by atoms with van der Waals surface area (Å²) in [6, 6.07) is 6.82. The zero-order valence-corrected chi connectivity index (χ0v) is 13.2. The van der Waals surface area contributed by atoms with Gasteiger partial charge in [-0.15, -0.1) is 0 Å². The van der Waals surface area contributed by atoms with Crippen molar-refractivity contribution in [2.45, 2.75) is 39.2 Å². The molecule has 0 saturated carbocycles. The fraction of sp³-hybridized carbons (Fsp3) is 0.400. The maximum Gasteiger partial charge on any atom is 0.269 e. The first-order chi connectivity index (χ1) is 11.0. The number of non-ortho nitro benzene ring substituents is 1. The normalized spacial score (nSPS) is 11.9. The summed E-state index contributed by atoms with van der Waals surface area (Å²) in [5.74, 6) is 1.25. The van der Waals surface area contributed by atoms with E-state index in [2.05, 4.69) is 27.2 Å². The molecule has 0 aliphatic rings. The molecule has 0 aliphatic carbocycles. The molecule has 0 bridgehead atoms. The van der Waals surface area contributed by atoms with E-state index >= 15 is 0 Å². The summed E-state index contributed by atoms with van der Waals surface area (Å²) in [6.45, 7) is 3.84. The van der Waals surface area contributed by atoms with Crippen molar-refractivity contribution in [2.75, 3.05) is 11.1 Å². The van der Waals surface area contributed by atoms with Gasteiger partial charge < -0.3 is 11.1 Å². The molecule has 1 aromatic carbocycles. The van der Waals surface area contributed by atoms with Crippen LogP contribution in [0.4, 0.5) is 17.6 Å². The summed E-state index contributed by atoms with van der Waals surface area (Å²) in [7, 11) is 0. The molecule has 8 nitrogen and oxygen atoms in total. The van der Waals surface area contributed by atoms with Crippen molar-refractivity contribution in [3.8, 4) is 0 Å². The summed E-state index contributed by atoms with van der Waals surface area (Å²) in [6.07, 6.45) is 2.57. The highest BCUT2D eigenvalue weighted by Crippen LogP contribution is 2.15. The van der Waals surface area contributed by atoms with E-state index in [0.29, 0.717) is 11.8 Å². The Morgan fingerprint density at radius 2 is 1.96 bits per heavy atom. The number of nitrogens with zero attached hydrogens (tertiary/aromatic N) is 4. The van der Waals surface area contributed by atoms with Crippen molar-refractivity contribution >= 4 is 17.6 Å². The molecule has 0 fully saturated rings. The quantitative estimate of drug-likeness (QED) is 0.594. The first-order valence-electron chi connectivity index (χ1n) is 7.46. The van der Waals surface area contributed by atoms with Gasteiger partial charge in [0.1, 0.15) is 5.82 Å². The highest BCUT2D eigenvalue weighted by atomic mass is 16.6. The topological polar surface area (TPSA) is 120 Å². The fourth-order valence-corrected chi connectivity index (χ4v) is 2.25. The Balaban J connectivity index is 1.95. The zero-order chi connectivity index (χ0) is 16.8. The zero-order valence-electron chi connectivity index (χ0n) is 13.2. The number of hydrogen-bond donors (Lipinski definition) is 2. The summed E-state index contributed by atoms with van der Waals surface area (Å²) in [5, 5.41) is 13.9. The van der Waals surface area contributed by atoms with Crippen LogP contribution in [-0.4, -0.2) is 25.9 Å². The molecule has 1 aromatic heterocycles. The lowest BCUT2D eigenvalue weighted by Crippen LogP contribution is -2.21. The molecule has 122 valence electrons. The van der Waals surface area contributed by atoms with Gasteiger partial charge in [-0.25, -0.2) is 0 Å². The Hall–Kier alpha value is -2.77. The molecule has 1 unspecified atom stereocenters. The SMILES string of the molecule is CCC(CCc1ccc([N+](=O)[O-])cc1)Nc1nc(C)nc(N)n1. The summed E-state index contributed by atoms with van der Waals surface area (Å²) >= 11 is 0. The molecule has 8 heteroatoms. The number of nitrogen functional groups attached to an aromatic ring is 1. The number of benzene rings is 1. The highest BCUT2D eigenvalue weighted by molar-refractivity contribution is 5.34. The van der Waals surface area contributed by atoms with Gasteiger partial charge in [0.15, 0.2) is 0 Å². The van der Waals surface area contributed by atoms with Crippen molar-refractivity contribution in [1.82, 2.24) is 15.0 Å². The molecule has 1 heterocycles. The van der Waals surface area contributed by atoms with E-state index in [9.17, 15) is 10.1 Å². The van der Waals surface area contributed by atoms with Crippen LogP contribution in [0.25, 0.3) is 0 Å². The van der Waals surface area contributed by atoms with Gasteiger partial charge in [-0.2, -0.15) is 15.0 Å². The average molecular weight is 316 g/mol. The first kappa shape index (κ1) is 16.6. The van der Waals surface area contributed by atoms with E-state index in [1.165, 1.54) is 12.1 Å². The van der Waals surface area contributed by atoms with E-state index in [1.807, 2.05) is 0 Å². The van der Waals surface area contributed by atoms with E-state index in [4.69, 9.17) is 5.73 Å². The molecule has 0 radical (unpaired) electrons. The predicted octanol–water partition coefficient (Wildman–Crippen LogP) is 2.49. The number of nitrogens with one attached hydrogen (secondary N) is 1.